The Morgan fingerprint density at radius 1 is 1.43 bits per heavy atom. The second-order valence-electron chi connectivity index (χ2n) is 4.94. The number of piperidine rings is 1. The van der Waals surface area contributed by atoms with E-state index in [-0.39, 0.29) is 30.7 Å². The molecule has 0 unspecified atom stereocenters. The molecule has 8 heteroatoms. The Labute approximate surface area is 138 Å². The lowest BCUT2D eigenvalue weighted by atomic mass is 9.90. The lowest BCUT2D eigenvalue weighted by molar-refractivity contribution is -0.157. The summed E-state index contributed by atoms with van der Waals surface area (Å²) in [4.78, 5) is 14.3. The van der Waals surface area contributed by atoms with Crippen molar-refractivity contribution in [1.29, 1.82) is 0 Å². The fourth-order valence-corrected chi connectivity index (χ4v) is 2.47. The highest BCUT2D eigenvalue weighted by Crippen LogP contribution is 2.24. The van der Waals surface area contributed by atoms with Gasteiger partial charge in [0.15, 0.2) is 0 Å². The number of hydrogen-bond acceptors (Lipinski definition) is 4. The summed E-state index contributed by atoms with van der Waals surface area (Å²) in [5.41, 5.74) is -0.649. The van der Waals surface area contributed by atoms with E-state index in [4.69, 9.17) is 4.74 Å². The van der Waals surface area contributed by atoms with E-state index in [1.54, 1.807) is 18.2 Å². The second-order valence-corrected chi connectivity index (χ2v) is 4.94. The fraction of sp³-hybridized carbons (Fsp3) is 0.692. The first-order valence-electron chi connectivity index (χ1n) is 6.67. The van der Waals surface area contributed by atoms with Crippen LogP contribution in [0.2, 0.25) is 0 Å². The Kier molecular flexibility index (Phi) is 8.89. The van der Waals surface area contributed by atoms with Crippen molar-refractivity contribution in [3.05, 3.63) is 18.5 Å². The Morgan fingerprint density at radius 3 is 2.62 bits per heavy atom. The van der Waals surface area contributed by atoms with Crippen LogP contribution in [0.1, 0.15) is 12.8 Å². The number of methoxy groups -OCH3 is 1. The van der Waals surface area contributed by atoms with Crippen LogP contribution in [0.5, 0.6) is 0 Å². The molecule has 1 amide bonds. The lowest BCUT2D eigenvalue weighted by Gasteiger charge is -2.37. The summed E-state index contributed by atoms with van der Waals surface area (Å²) in [6.07, 6.45) is 5.10. The van der Waals surface area contributed by atoms with Gasteiger partial charge in [-0.15, -0.1) is 24.8 Å². The first-order chi connectivity index (χ1) is 9.18. The van der Waals surface area contributed by atoms with Gasteiger partial charge in [0, 0.05) is 33.1 Å². The summed E-state index contributed by atoms with van der Waals surface area (Å²) in [7, 11) is 3.46. The van der Waals surface area contributed by atoms with E-state index in [1.807, 2.05) is 24.0 Å². The van der Waals surface area contributed by atoms with Gasteiger partial charge in [0.05, 0.1) is 6.54 Å². The number of carbonyl (C=O) groups is 1. The Morgan fingerprint density at radius 2 is 2.10 bits per heavy atom. The molecular formula is C13H24Cl2N4O2. The van der Waals surface area contributed by atoms with E-state index in [0.717, 1.165) is 25.9 Å². The molecule has 2 heterocycles. The molecule has 1 aliphatic rings. The molecule has 0 aromatic carbocycles. The van der Waals surface area contributed by atoms with Crippen molar-refractivity contribution in [2.75, 3.05) is 33.8 Å². The van der Waals surface area contributed by atoms with Crippen LogP contribution < -0.4 is 5.32 Å². The van der Waals surface area contributed by atoms with Gasteiger partial charge in [0.25, 0.3) is 5.91 Å². The third kappa shape index (κ3) is 4.85. The van der Waals surface area contributed by atoms with Gasteiger partial charge in [-0.25, -0.2) is 0 Å². The molecule has 1 aromatic rings. The number of nitrogens with one attached hydrogen (secondary N) is 1. The van der Waals surface area contributed by atoms with Crippen molar-refractivity contribution < 1.29 is 9.53 Å². The maximum atomic E-state index is 12.6. The first-order valence-corrected chi connectivity index (χ1v) is 6.67. The zero-order valence-electron chi connectivity index (χ0n) is 12.4. The van der Waals surface area contributed by atoms with Crippen LogP contribution in [-0.2, 0) is 16.1 Å². The summed E-state index contributed by atoms with van der Waals surface area (Å²) in [5, 5.41) is 7.39. The number of halogens is 2. The third-order valence-electron chi connectivity index (χ3n) is 3.76. The standard InChI is InChI=1S/C13H22N4O2.2ClH/c1-16(10-11-17-9-3-6-15-17)12(18)13(19-2)4-7-14-8-5-13;;/h3,6,9,14H,4-5,7-8,10-11H2,1-2H3;2*1H. The molecule has 6 nitrogen and oxygen atoms in total. The van der Waals surface area contributed by atoms with Crippen molar-refractivity contribution in [1.82, 2.24) is 20.0 Å². The van der Waals surface area contributed by atoms with Gasteiger partial charge in [0.2, 0.25) is 0 Å². The highest BCUT2D eigenvalue weighted by molar-refractivity contribution is 5.86. The van der Waals surface area contributed by atoms with E-state index in [0.29, 0.717) is 13.1 Å². The van der Waals surface area contributed by atoms with E-state index in [9.17, 15) is 4.79 Å². The minimum atomic E-state index is -0.649. The highest BCUT2D eigenvalue weighted by Gasteiger charge is 2.41. The third-order valence-corrected chi connectivity index (χ3v) is 3.76. The summed E-state index contributed by atoms with van der Waals surface area (Å²) in [6, 6.07) is 1.88. The first kappa shape index (κ1) is 20.2. The zero-order valence-corrected chi connectivity index (χ0v) is 14.1. The van der Waals surface area contributed by atoms with Crippen molar-refractivity contribution in [2.45, 2.75) is 25.0 Å². The van der Waals surface area contributed by atoms with Gasteiger partial charge >= 0.3 is 0 Å². The van der Waals surface area contributed by atoms with E-state index in [1.165, 1.54) is 0 Å². The highest BCUT2D eigenvalue weighted by atomic mass is 35.5. The molecule has 1 aromatic heterocycles. The molecule has 1 fully saturated rings. The number of rotatable bonds is 5. The summed E-state index contributed by atoms with van der Waals surface area (Å²) >= 11 is 0. The van der Waals surface area contributed by atoms with Gasteiger partial charge in [-0.05, 0) is 32.0 Å². The smallest absolute Gasteiger partial charge is 0.254 e. The molecule has 122 valence electrons. The maximum Gasteiger partial charge on any atom is 0.254 e. The molecule has 0 radical (unpaired) electrons. The molecule has 0 bridgehead atoms. The monoisotopic (exact) mass is 338 g/mol. The molecule has 0 spiro atoms. The largest absolute Gasteiger partial charge is 0.368 e. The number of aromatic nitrogens is 2. The van der Waals surface area contributed by atoms with Gasteiger partial charge < -0.3 is 15.0 Å². The number of carbonyl (C=O) groups excluding carboxylic acids is 1. The van der Waals surface area contributed by atoms with Crippen LogP contribution in [0.4, 0.5) is 0 Å². The Bertz CT molecular complexity index is 408. The van der Waals surface area contributed by atoms with Crippen LogP contribution in [0.3, 0.4) is 0 Å². The average molecular weight is 339 g/mol. The normalized spacial score (nSPS) is 16.5. The molecule has 1 saturated heterocycles. The number of amides is 1. The molecule has 0 atom stereocenters. The predicted octanol–water partition coefficient (Wildman–Crippen LogP) is 0.954. The minimum Gasteiger partial charge on any atom is -0.368 e. The van der Waals surface area contributed by atoms with Gasteiger partial charge in [-0.3, -0.25) is 9.48 Å². The topological polar surface area (TPSA) is 59.4 Å². The average Bonchev–Trinajstić information content (AvgIpc) is 2.98. The molecule has 0 aliphatic carbocycles. The van der Waals surface area contributed by atoms with Gasteiger partial charge in [-0.1, -0.05) is 0 Å². The van der Waals surface area contributed by atoms with Gasteiger partial charge in [0.1, 0.15) is 5.60 Å². The zero-order chi connectivity index (χ0) is 13.7. The molecule has 2 rings (SSSR count). The predicted molar refractivity (Wildman–Crippen MR) is 86.2 cm³/mol. The van der Waals surface area contributed by atoms with Crippen molar-refractivity contribution in [2.24, 2.45) is 0 Å². The van der Waals surface area contributed by atoms with Crippen LogP contribution >= 0.6 is 24.8 Å². The maximum absolute atomic E-state index is 12.6. The van der Waals surface area contributed by atoms with E-state index < -0.39 is 5.60 Å². The van der Waals surface area contributed by atoms with Crippen LogP contribution in [-0.4, -0.2) is 60.0 Å². The number of nitrogens with zero attached hydrogens (tertiary/aromatic N) is 3. The van der Waals surface area contributed by atoms with Crippen LogP contribution in [0.25, 0.3) is 0 Å². The number of hydrogen-bond donors (Lipinski definition) is 1. The fourth-order valence-electron chi connectivity index (χ4n) is 2.47. The van der Waals surface area contributed by atoms with Gasteiger partial charge in [-0.2, -0.15) is 5.10 Å². The van der Waals surface area contributed by atoms with Crippen LogP contribution in [0, 0.1) is 0 Å². The Hall–Kier alpha value is -0.820. The van der Waals surface area contributed by atoms with E-state index >= 15 is 0 Å². The molecule has 1 aliphatic heterocycles. The summed E-state index contributed by atoms with van der Waals surface area (Å²) in [6.45, 7) is 2.99. The lowest BCUT2D eigenvalue weighted by Crippen LogP contribution is -2.54. The van der Waals surface area contributed by atoms with Crippen LogP contribution in [0.15, 0.2) is 18.5 Å². The molecule has 1 N–H and O–H groups in total. The van der Waals surface area contributed by atoms with Crippen molar-refractivity contribution in [3.8, 4) is 0 Å². The number of likely N-dealkylation sites (N-methyl/N-ethyl adjacent to an activating group) is 1. The molecule has 0 saturated carbocycles. The second kappa shape index (κ2) is 9.25. The minimum absolute atomic E-state index is 0. The SMILES string of the molecule is COC1(C(=O)N(C)CCn2cccn2)CCNCC1.Cl.Cl. The quantitative estimate of drug-likeness (QED) is 0.868. The summed E-state index contributed by atoms with van der Waals surface area (Å²) in [5.74, 6) is 0.0728. The summed E-state index contributed by atoms with van der Waals surface area (Å²) < 4.78 is 7.37. The molecular weight excluding hydrogens is 315 g/mol. The molecule has 21 heavy (non-hydrogen) atoms. The number of ether oxygens (including phenoxy) is 1. The Balaban J connectivity index is 0.00000200. The van der Waals surface area contributed by atoms with E-state index in [2.05, 4.69) is 10.4 Å². The van der Waals surface area contributed by atoms with Crippen molar-refractivity contribution in [3.63, 3.8) is 0 Å². The van der Waals surface area contributed by atoms with Crippen molar-refractivity contribution >= 4 is 30.7 Å².